The van der Waals surface area contributed by atoms with E-state index in [1.54, 1.807) is 0 Å². The predicted molar refractivity (Wildman–Crippen MR) is 117 cm³/mol. The largest absolute Gasteiger partial charge is 0.345 e. The minimum Gasteiger partial charge on any atom is -0.345 e. The first-order valence-corrected chi connectivity index (χ1v) is 9.69. The van der Waals surface area contributed by atoms with Crippen molar-refractivity contribution in [2.75, 3.05) is 10.6 Å². The first kappa shape index (κ1) is 18.8. The van der Waals surface area contributed by atoms with Crippen molar-refractivity contribution >= 4 is 45.0 Å². The van der Waals surface area contributed by atoms with Gasteiger partial charge in [-0.25, -0.2) is 0 Å². The van der Waals surface area contributed by atoms with Gasteiger partial charge in [-0.2, -0.15) is 0 Å². The SMILES string of the molecule is CC(=O)Nc1cccc2c1ccn2CC(=O)Nc1cccc2c1ccn2C(C)C. The summed E-state index contributed by atoms with van der Waals surface area (Å²) in [6.07, 6.45) is 3.92. The van der Waals surface area contributed by atoms with Crippen LogP contribution in [0, 0.1) is 0 Å². The predicted octanol–water partition coefficient (Wildman–Crippen LogP) is 4.77. The molecule has 0 aliphatic heterocycles. The highest BCUT2D eigenvalue weighted by Crippen LogP contribution is 2.28. The minimum atomic E-state index is -0.121. The fraction of sp³-hybridized carbons (Fsp3) is 0.217. The van der Waals surface area contributed by atoms with E-state index in [-0.39, 0.29) is 18.4 Å². The van der Waals surface area contributed by atoms with Crippen LogP contribution in [0.5, 0.6) is 0 Å². The number of rotatable bonds is 5. The van der Waals surface area contributed by atoms with E-state index in [4.69, 9.17) is 0 Å². The smallest absolute Gasteiger partial charge is 0.244 e. The highest BCUT2D eigenvalue weighted by molar-refractivity contribution is 6.03. The molecule has 0 atom stereocenters. The summed E-state index contributed by atoms with van der Waals surface area (Å²) in [6, 6.07) is 15.9. The molecule has 0 saturated heterocycles. The van der Waals surface area contributed by atoms with Gasteiger partial charge >= 0.3 is 0 Å². The van der Waals surface area contributed by atoms with E-state index in [0.717, 1.165) is 33.2 Å². The number of hydrogen-bond acceptors (Lipinski definition) is 2. The number of amides is 2. The lowest BCUT2D eigenvalue weighted by atomic mass is 10.2. The van der Waals surface area contributed by atoms with Gasteiger partial charge in [-0.05, 0) is 50.2 Å². The third kappa shape index (κ3) is 3.61. The van der Waals surface area contributed by atoms with E-state index >= 15 is 0 Å². The Hall–Kier alpha value is -3.54. The monoisotopic (exact) mass is 388 g/mol. The van der Waals surface area contributed by atoms with Crippen molar-refractivity contribution in [2.45, 2.75) is 33.4 Å². The van der Waals surface area contributed by atoms with E-state index < -0.39 is 0 Å². The summed E-state index contributed by atoms with van der Waals surface area (Å²) in [5.74, 6) is -0.221. The Bertz CT molecular complexity index is 1220. The van der Waals surface area contributed by atoms with Gasteiger partial charge in [-0.3, -0.25) is 9.59 Å². The fourth-order valence-electron chi connectivity index (χ4n) is 3.75. The van der Waals surface area contributed by atoms with E-state index in [1.807, 2.05) is 59.4 Å². The van der Waals surface area contributed by atoms with E-state index in [1.165, 1.54) is 6.92 Å². The zero-order valence-corrected chi connectivity index (χ0v) is 16.8. The molecule has 6 heteroatoms. The molecule has 4 aromatic rings. The van der Waals surface area contributed by atoms with Gasteiger partial charge in [0, 0.05) is 36.1 Å². The van der Waals surface area contributed by atoms with Gasteiger partial charge in [0.05, 0.1) is 22.4 Å². The standard InChI is InChI=1S/C23H24N4O2/c1-15(2)27-13-11-18-20(7-5-9-22(18)27)25-23(29)14-26-12-10-17-19(24-16(3)28)6-4-8-21(17)26/h4-13,15H,14H2,1-3H3,(H,24,28)(H,25,29). The van der Waals surface area contributed by atoms with Crippen LogP contribution in [-0.4, -0.2) is 20.9 Å². The average Bonchev–Trinajstić information content (AvgIpc) is 3.27. The number of carbonyl (C=O) groups is 2. The lowest BCUT2D eigenvalue weighted by molar-refractivity contribution is -0.116. The summed E-state index contributed by atoms with van der Waals surface area (Å²) < 4.78 is 4.07. The molecule has 29 heavy (non-hydrogen) atoms. The first-order chi connectivity index (χ1) is 13.9. The number of nitrogens with one attached hydrogen (secondary N) is 2. The molecule has 0 aliphatic rings. The molecular weight excluding hydrogens is 364 g/mol. The van der Waals surface area contributed by atoms with Crippen LogP contribution in [0.4, 0.5) is 11.4 Å². The molecule has 0 saturated carbocycles. The summed E-state index contributed by atoms with van der Waals surface area (Å²) in [5.41, 5.74) is 3.55. The summed E-state index contributed by atoms with van der Waals surface area (Å²) >= 11 is 0. The van der Waals surface area contributed by atoms with Gasteiger partial charge < -0.3 is 19.8 Å². The van der Waals surface area contributed by atoms with Gasteiger partial charge in [-0.15, -0.1) is 0 Å². The second-order valence-electron chi connectivity index (χ2n) is 7.47. The normalized spacial score (nSPS) is 11.3. The minimum absolute atomic E-state index is 0.0998. The summed E-state index contributed by atoms with van der Waals surface area (Å²) in [5, 5.41) is 7.81. The molecular formula is C23H24N4O2. The quantitative estimate of drug-likeness (QED) is 0.517. The van der Waals surface area contributed by atoms with Gasteiger partial charge in [-0.1, -0.05) is 12.1 Å². The molecule has 0 bridgehead atoms. The van der Waals surface area contributed by atoms with Crippen molar-refractivity contribution in [3.8, 4) is 0 Å². The third-order valence-corrected chi connectivity index (χ3v) is 5.03. The first-order valence-electron chi connectivity index (χ1n) is 9.69. The van der Waals surface area contributed by atoms with Gasteiger partial charge in [0.1, 0.15) is 6.54 Å². The Morgan fingerprint density at radius 1 is 0.862 bits per heavy atom. The van der Waals surface area contributed by atoms with Crippen molar-refractivity contribution in [1.82, 2.24) is 9.13 Å². The van der Waals surface area contributed by atoms with E-state index in [0.29, 0.717) is 6.04 Å². The van der Waals surface area contributed by atoms with E-state index in [2.05, 4.69) is 35.1 Å². The maximum Gasteiger partial charge on any atom is 0.244 e. The summed E-state index contributed by atoms with van der Waals surface area (Å²) in [7, 11) is 0. The molecule has 0 spiro atoms. The number of fused-ring (bicyclic) bond motifs is 2. The zero-order valence-electron chi connectivity index (χ0n) is 16.8. The number of aromatic nitrogens is 2. The molecule has 0 unspecified atom stereocenters. The molecule has 0 fully saturated rings. The highest BCUT2D eigenvalue weighted by Gasteiger charge is 2.12. The van der Waals surface area contributed by atoms with Crippen LogP contribution in [0.15, 0.2) is 60.9 Å². The van der Waals surface area contributed by atoms with Crippen molar-refractivity contribution in [3.63, 3.8) is 0 Å². The van der Waals surface area contributed by atoms with Crippen LogP contribution in [0.3, 0.4) is 0 Å². The second-order valence-corrected chi connectivity index (χ2v) is 7.47. The fourth-order valence-corrected chi connectivity index (χ4v) is 3.75. The average molecular weight is 388 g/mol. The third-order valence-electron chi connectivity index (χ3n) is 5.03. The maximum absolute atomic E-state index is 12.8. The topological polar surface area (TPSA) is 68.1 Å². The molecule has 2 amide bonds. The van der Waals surface area contributed by atoms with Crippen LogP contribution in [0.1, 0.15) is 26.8 Å². The second kappa shape index (κ2) is 7.47. The highest BCUT2D eigenvalue weighted by atomic mass is 16.2. The lowest BCUT2D eigenvalue weighted by Gasteiger charge is -2.12. The Labute approximate surface area is 169 Å². The molecule has 2 aromatic heterocycles. The van der Waals surface area contributed by atoms with Crippen molar-refractivity contribution in [2.24, 2.45) is 0 Å². The number of hydrogen-bond donors (Lipinski definition) is 2. The van der Waals surface area contributed by atoms with Gasteiger partial charge in [0.15, 0.2) is 0 Å². The van der Waals surface area contributed by atoms with Crippen LogP contribution < -0.4 is 10.6 Å². The zero-order chi connectivity index (χ0) is 20.5. The van der Waals surface area contributed by atoms with Crippen molar-refractivity contribution in [1.29, 1.82) is 0 Å². The van der Waals surface area contributed by atoms with Crippen LogP contribution >= 0.6 is 0 Å². The van der Waals surface area contributed by atoms with Gasteiger partial charge in [0.2, 0.25) is 11.8 Å². The maximum atomic E-state index is 12.8. The lowest BCUT2D eigenvalue weighted by Crippen LogP contribution is -2.18. The molecule has 6 nitrogen and oxygen atoms in total. The summed E-state index contributed by atoms with van der Waals surface area (Å²) in [6.45, 7) is 5.94. The molecule has 2 N–H and O–H groups in total. The Morgan fingerprint density at radius 2 is 1.48 bits per heavy atom. The van der Waals surface area contributed by atoms with Crippen LogP contribution in [0.25, 0.3) is 21.8 Å². The molecule has 4 rings (SSSR count). The molecule has 148 valence electrons. The Kier molecular flexibility index (Phi) is 4.84. The molecule has 2 aromatic carbocycles. The Balaban J connectivity index is 1.58. The van der Waals surface area contributed by atoms with Crippen molar-refractivity contribution < 1.29 is 9.59 Å². The number of benzene rings is 2. The Morgan fingerprint density at radius 3 is 2.17 bits per heavy atom. The molecule has 2 heterocycles. The van der Waals surface area contributed by atoms with Crippen molar-refractivity contribution in [3.05, 3.63) is 60.9 Å². The van der Waals surface area contributed by atoms with E-state index in [9.17, 15) is 9.59 Å². The van der Waals surface area contributed by atoms with Gasteiger partial charge in [0.25, 0.3) is 0 Å². The number of carbonyl (C=O) groups excluding carboxylic acids is 2. The molecule has 0 radical (unpaired) electrons. The number of nitrogens with zero attached hydrogens (tertiary/aromatic N) is 2. The molecule has 0 aliphatic carbocycles. The summed E-state index contributed by atoms with van der Waals surface area (Å²) in [4.78, 5) is 24.2. The number of anilines is 2. The van der Waals surface area contributed by atoms with Crippen LogP contribution in [0.2, 0.25) is 0 Å². The van der Waals surface area contributed by atoms with Crippen LogP contribution in [-0.2, 0) is 16.1 Å².